The molecule has 0 bridgehead atoms. The van der Waals surface area contributed by atoms with Gasteiger partial charge in [0.25, 0.3) is 0 Å². The van der Waals surface area contributed by atoms with Crippen molar-refractivity contribution in [3.8, 4) is 17.1 Å². The summed E-state index contributed by atoms with van der Waals surface area (Å²) in [7, 11) is 3.57. The number of amides is 3. The zero-order valence-corrected chi connectivity index (χ0v) is 24.5. The third-order valence-electron chi connectivity index (χ3n) is 7.90. The molecular weight excluding hydrogens is 522 g/mol. The van der Waals surface area contributed by atoms with Gasteiger partial charge in [-0.15, -0.1) is 0 Å². The first-order valence-electron chi connectivity index (χ1n) is 14.1. The Morgan fingerprint density at radius 3 is 2.44 bits per heavy atom. The van der Waals surface area contributed by atoms with E-state index in [4.69, 9.17) is 9.72 Å². The highest BCUT2D eigenvalue weighted by molar-refractivity contribution is 5.99. The standard InChI is InChI=1S/C31H41N5O5/c1-31(2,3)27(34-29(38)22(18-36(40)19-37)16-20-8-6-7-9-20)30(39)32-23-12-15-26-25(17-23)33-28(35(26)4)21-10-13-24(41-5)14-11-21/h10-15,17,19-20,22,27,40H,6-9,16,18H2,1-5H3,(H,32,39)(H,34,38)/t22-,27-/m1/s1. The van der Waals surface area contributed by atoms with E-state index in [-0.39, 0.29) is 18.4 Å². The number of fused-ring (bicyclic) bond motifs is 1. The molecule has 0 spiro atoms. The van der Waals surface area contributed by atoms with Gasteiger partial charge in [0.15, 0.2) is 0 Å². The lowest BCUT2D eigenvalue weighted by molar-refractivity contribution is -0.155. The lowest BCUT2D eigenvalue weighted by Gasteiger charge is -2.32. The second-order valence-corrected chi connectivity index (χ2v) is 12.0. The van der Waals surface area contributed by atoms with E-state index in [9.17, 15) is 19.6 Å². The normalized spacial score (nSPS) is 15.4. The molecule has 1 aliphatic rings. The summed E-state index contributed by atoms with van der Waals surface area (Å²) in [5.41, 5.74) is 2.54. The molecule has 10 heteroatoms. The van der Waals surface area contributed by atoms with Crippen LogP contribution in [0.5, 0.6) is 5.75 Å². The monoisotopic (exact) mass is 563 g/mol. The average molecular weight is 564 g/mol. The summed E-state index contributed by atoms with van der Waals surface area (Å²) in [6.07, 6.45) is 5.14. The van der Waals surface area contributed by atoms with E-state index < -0.39 is 17.4 Å². The summed E-state index contributed by atoms with van der Waals surface area (Å²) in [4.78, 5) is 42.9. The van der Waals surface area contributed by atoms with Gasteiger partial charge in [0.1, 0.15) is 17.6 Å². The predicted molar refractivity (Wildman–Crippen MR) is 157 cm³/mol. The third-order valence-corrected chi connectivity index (χ3v) is 7.90. The fraction of sp³-hybridized carbons (Fsp3) is 0.484. The molecule has 1 heterocycles. The van der Waals surface area contributed by atoms with Crippen LogP contribution in [0, 0.1) is 17.3 Å². The molecule has 0 aliphatic heterocycles. The van der Waals surface area contributed by atoms with E-state index in [0.29, 0.717) is 29.5 Å². The van der Waals surface area contributed by atoms with Crippen molar-refractivity contribution >= 4 is 34.9 Å². The molecule has 4 rings (SSSR count). The molecule has 0 radical (unpaired) electrons. The zero-order valence-electron chi connectivity index (χ0n) is 24.5. The number of carbonyl (C=O) groups is 3. The summed E-state index contributed by atoms with van der Waals surface area (Å²) in [5.74, 6) is 0.588. The quantitative estimate of drug-likeness (QED) is 0.175. The molecule has 10 nitrogen and oxygen atoms in total. The summed E-state index contributed by atoms with van der Waals surface area (Å²) < 4.78 is 7.25. The highest BCUT2D eigenvalue weighted by atomic mass is 16.5. The molecule has 3 aromatic rings. The largest absolute Gasteiger partial charge is 0.497 e. The van der Waals surface area contributed by atoms with Crippen LogP contribution in [0.1, 0.15) is 52.9 Å². The fourth-order valence-electron chi connectivity index (χ4n) is 5.61. The first-order valence-corrected chi connectivity index (χ1v) is 14.1. The second-order valence-electron chi connectivity index (χ2n) is 12.0. The first kappa shape index (κ1) is 30.0. The van der Waals surface area contributed by atoms with Gasteiger partial charge in [0, 0.05) is 18.3 Å². The van der Waals surface area contributed by atoms with Crippen molar-refractivity contribution in [2.75, 3.05) is 19.0 Å². The van der Waals surface area contributed by atoms with Gasteiger partial charge in [-0.05, 0) is 60.2 Å². The molecule has 220 valence electrons. The van der Waals surface area contributed by atoms with Crippen molar-refractivity contribution in [3.63, 3.8) is 0 Å². The van der Waals surface area contributed by atoms with E-state index in [2.05, 4.69) is 10.6 Å². The number of carbonyl (C=O) groups excluding carboxylic acids is 3. The van der Waals surface area contributed by atoms with E-state index in [1.807, 2.05) is 74.9 Å². The van der Waals surface area contributed by atoms with Crippen LogP contribution in [0.25, 0.3) is 22.4 Å². The Morgan fingerprint density at radius 1 is 1.15 bits per heavy atom. The van der Waals surface area contributed by atoms with Crippen molar-refractivity contribution in [3.05, 3.63) is 42.5 Å². The summed E-state index contributed by atoms with van der Waals surface area (Å²) in [6.45, 7) is 5.54. The van der Waals surface area contributed by atoms with Crippen molar-refractivity contribution < 1.29 is 24.3 Å². The maximum atomic E-state index is 13.6. The highest BCUT2D eigenvalue weighted by Gasteiger charge is 2.36. The number of nitrogens with zero attached hydrogens (tertiary/aromatic N) is 3. The number of aryl methyl sites for hydroxylation is 1. The van der Waals surface area contributed by atoms with Gasteiger partial charge in [0.05, 0.1) is 30.6 Å². The minimum Gasteiger partial charge on any atom is -0.497 e. The SMILES string of the molecule is COc1ccc(-c2nc3cc(NC(=O)[C@@H](NC(=O)[C@H](CC4CCCC4)CN(O)C=O)C(C)(C)C)ccc3n2C)cc1. The van der Waals surface area contributed by atoms with Crippen LogP contribution in [0.15, 0.2) is 42.5 Å². The number of ether oxygens (including phenoxy) is 1. The molecule has 3 amide bonds. The number of nitrogens with one attached hydrogen (secondary N) is 2. The van der Waals surface area contributed by atoms with Gasteiger partial charge in [-0.2, -0.15) is 0 Å². The molecule has 1 aromatic heterocycles. The molecule has 1 aliphatic carbocycles. The van der Waals surface area contributed by atoms with Crippen molar-refractivity contribution in [1.29, 1.82) is 0 Å². The average Bonchev–Trinajstić information content (AvgIpc) is 3.57. The van der Waals surface area contributed by atoms with Crippen LogP contribution in [-0.2, 0) is 21.4 Å². The number of anilines is 1. The van der Waals surface area contributed by atoms with Crippen LogP contribution < -0.4 is 15.4 Å². The van der Waals surface area contributed by atoms with Crippen molar-refractivity contribution in [2.24, 2.45) is 24.3 Å². The molecule has 41 heavy (non-hydrogen) atoms. The third kappa shape index (κ3) is 7.24. The Labute approximate surface area is 241 Å². The lowest BCUT2D eigenvalue weighted by Crippen LogP contribution is -2.54. The summed E-state index contributed by atoms with van der Waals surface area (Å²) in [6, 6.07) is 12.4. The Bertz CT molecular complexity index is 1370. The minimum absolute atomic E-state index is 0.114. The number of imidazole rings is 1. The van der Waals surface area contributed by atoms with E-state index in [0.717, 1.165) is 53.9 Å². The van der Waals surface area contributed by atoms with Gasteiger partial charge in [-0.1, -0.05) is 46.5 Å². The molecular formula is C31H41N5O5. The second kappa shape index (κ2) is 12.7. The van der Waals surface area contributed by atoms with Crippen LogP contribution in [0.4, 0.5) is 5.69 Å². The van der Waals surface area contributed by atoms with Crippen LogP contribution in [-0.4, -0.2) is 57.7 Å². The lowest BCUT2D eigenvalue weighted by atomic mass is 9.85. The van der Waals surface area contributed by atoms with Gasteiger partial charge in [0.2, 0.25) is 18.2 Å². The molecule has 2 atom stereocenters. The number of rotatable bonds is 11. The summed E-state index contributed by atoms with van der Waals surface area (Å²) in [5, 5.41) is 16.2. The van der Waals surface area contributed by atoms with Gasteiger partial charge >= 0.3 is 0 Å². The maximum Gasteiger partial charge on any atom is 0.247 e. The van der Waals surface area contributed by atoms with E-state index >= 15 is 0 Å². The van der Waals surface area contributed by atoms with Gasteiger partial charge in [-0.3, -0.25) is 19.6 Å². The van der Waals surface area contributed by atoms with Crippen LogP contribution in [0.2, 0.25) is 0 Å². The first-order chi connectivity index (χ1) is 19.5. The van der Waals surface area contributed by atoms with Crippen molar-refractivity contribution in [1.82, 2.24) is 19.9 Å². The Kier molecular flexibility index (Phi) is 9.32. The van der Waals surface area contributed by atoms with Crippen LogP contribution >= 0.6 is 0 Å². The number of hydrogen-bond acceptors (Lipinski definition) is 6. The molecule has 1 saturated carbocycles. The summed E-state index contributed by atoms with van der Waals surface area (Å²) >= 11 is 0. The number of aromatic nitrogens is 2. The number of hydrogen-bond donors (Lipinski definition) is 3. The number of methoxy groups -OCH3 is 1. The molecule has 1 fully saturated rings. The molecule has 0 unspecified atom stereocenters. The van der Waals surface area contributed by atoms with E-state index in [1.165, 1.54) is 0 Å². The molecule has 3 N–H and O–H groups in total. The molecule has 2 aromatic carbocycles. The maximum absolute atomic E-state index is 13.6. The van der Waals surface area contributed by atoms with Gasteiger partial charge < -0.3 is 19.9 Å². The Morgan fingerprint density at radius 2 is 1.83 bits per heavy atom. The topological polar surface area (TPSA) is 126 Å². The number of benzene rings is 2. The minimum atomic E-state index is -0.848. The fourth-order valence-corrected chi connectivity index (χ4v) is 5.61. The molecule has 0 saturated heterocycles. The van der Waals surface area contributed by atoms with Gasteiger partial charge in [-0.25, -0.2) is 10.0 Å². The smallest absolute Gasteiger partial charge is 0.247 e. The van der Waals surface area contributed by atoms with E-state index in [1.54, 1.807) is 7.11 Å². The Balaban J connectivity index is 1.52. The highest BCUT2D eigenvalue weighted by Crippen LogP contribution is 2.32. The predicted octanol–water partition coefficient (Wildman–Crippen LogP) is 4.76. The van der Waals surface area contributed by atoms with Crippen LogP contribution in [0.3, 0.4) is 0 Å². The zero-order chi connectivity index (χ0) is 29.7. The number of hydroxylamine groups is 2. The van der Waals surface area contributed by atoms with Crippen molar-refractivity contribution in [2.45, 2.75) is 58.9 Å². The Hall–Kier alpha value is -3.92.